The molecule has 1 rings (SSSR count). The van der Waals surface area contributed by atoms with Crippen LogP contribution in [0.25, 0.3) is 0 Å². The molecular formula is C14H21N3O2S. The predicted molar refractivity (Wildman–Crippen MR) is 79.3 cm³/mol. The average molecular weight is 295 g/mol. The molecular weight excluding hydrogens is 274 g/mol. The van der Waals surface area contributed by atoms with Crippen molar-refractivity contribution in [2.24, 2.45) is 5.73 Å². The molecule has 0 aliphatic carbocycles. The summed E-state index contributed by atoms with van der Waals surface area (Å²) in [4.78, 5) is 0. The largest absolute Gasteiger partial charge is 0.324 e. The third-order valence-electron chi connectivity index (χ3n) is 3.54. The SMILES string of the molecule is CCC(N)(CC)CNS(=O)(=O)Cc1ccccc1C#N. The monoisotopic (exact) mass is 295 g/mol. The van der Waals surface area contributed by atoms with Gasteiger partial charge in [-0.2, -0.15) is 5.26 Å². The van der Waals surface area contributed by atoms with Gasteiger partial charge in [-0.25, -0.2) is 13.1 Å². The van der Waals surface area contributed by atoms with E-state index in [1.54, 1.807) is 24.3 Å². The summed E-state index contributed by atoms with van der Waals surface area (Å²) < 4.78 is 26.7. The van der Waals surface area contributed by atoms with Crippen LogP contribution in [0.4, 0.5) is 0 Å². The first-order valence-electron chi connectivity index (χ1n) is 6.60. The molecule has 0 heterocycles. The Bertz CT molecular complexity index is 587. The highest BCUT2D eigenvalue weighted by molar-refractivity contribution is 7.88. The van der Waals surface area contributed by atoms with Crippen LogP contribution < -0.4 is 10.5 Å². The number of nitrogens with one attached hydrogen (secondary N) is 1. The first-order chi connectivity index (χ1) is 9.36. The summed E-state index contributed by atoms with van der Waals surface area (Å²) in [6.07, 6.45) is 1.39. The molecule has 1 aromatic carbocycles. The van der Waals surface area contributed by atoms with Gasteiger partial charge in [-0.1, -0.05) is 32.0 Å². The summed E-state index contributed by atoms with van der Waals surface area (Å²) in [7, 11) is -3.50. The maximum atomic E-state index is 12.1. The number of rotatable bonds is 7. The van der Waals surface area contributed by atoms with E-state index < -0.39 is 15.6 Å². The van der Waals surface area contributed by atoms with Gasteiger partial charge in [0, 0.05) is 12.1 Å². The van der Waals surface area contributed by atoms with Crippen molar-refractivity contribution in [2.75, 3.05) is 6.54 Å². The molecule has 5 nitrogen and oxygen atoms in total. The molecule has 0 amide bonds. The van der Waals surface area contributed by atoms with Crippen LogP contribution in [0.15, 0.2) is 24.3 Å². The van der Waals surface area contributed by atoms with Crippen LogP contribution in [-0.2, 0) is 15.8 Å². The number of hydrogen-bond donors (Lipinski definition) is 2. The maximum Gasteiger partial charge on any atom is 0.215 e. The van der Waals surface area contributed by atoms with E-state index in [2.05, 4.69) is 4.72 Å². The minimum Gasteiger partial charge on any atom is -0.324 e. The fourth-order valence-corrected chi connectivity index (χ4v) is 3.04. The van der Waals surface area contributed by atoms with Crippen molar-refractivity contribution < 1.29 is 8.42 Å². The van der Waals surface area contributed by atoms with E-state index >= 15 is 0 Å². The van der Waals surface area contributed by atoms with Gasteiger partial charge in [0.1, 0.15) is 0 Å². The second-order valence-corrected chi connectivity index (χ2v) is 6.73. The van der Waals surface area contributed by atoms with Crippen molar-refractivity contribution >= 4 is 10.0 Å². The van der Waals surface area contributed by atoms with Crippen LogP contribution in [-0.4, -0.2) is 20.5 Å². The lowest BCUT2D eigenvalue weighted by molar-refractivity contribution is 0.391. The topological polar surface area (TPSA) is 96.0 Å². The number of nitrogens with zero attached hydrogens (tertiary/aromatic N) is 1. The first kappa shape index (κ1) is 16.6. The molecule has 0 radical (unpaired) electrons. The molecule has 0 atom stereocenters. The van der Waals surface area contributed by atoms with Crippen LogP contribution in [0.5, 0.6) is 0 Å². The molecule has 0 unspecified atom stereocenters. The lowest BCUT2D eigenvalue weighted by atomic mass is 9.95. The Labute approximate surface area is 120 Å². The van der Waals surface area contributed by atoms with E-state index in [4.69, 9.17) is 11.0 Å². The van der Waals surface area contributed by atoms with E-state index in [-0.39, 0.29) is 12.3 Å². The van der Waals surface area contributed by atoms with Crippen LogP contribution in [0, 0.1) is 11.3 Å². The van der Waals surface area contributed by atoms with Gasteiger partial charge in [0.15, 0.2) is 0 Å². The predicted octanol–water partition coefficient (Wildman–Crippen LogP) is 1.50. The molecule has 6 heteroatoms. The van der Waals surface area contributed by atoms with Crippen molar-refractivity contribution in [1.82, 2.24) is 4.72 Å². The quantitative estimate of drug-likeness (QED) is 0.796. The number of nitriles is 1. The third kappa shape index (κ3) is 4.60. The zero-order valence-corrected chi connectivity index (χ0v) is 12.7. The molecule has 0 fully saturated rings. The standard InChI is InChI=1S/C14H21N3O2S/c1-3-14(16,4-2)11-17-20(18,19)10-13-8-6-5-7-12(13)9-15/h5-8,17H,3-4,10-11,16H2,1-2H3. The summed E-state index contributed by atoms with van der Waals surface area (Å²) in [6, 6.07) is 8.68. The smallest absolute Gasteiger partial charge is 0.215 e. The lowest BCUT2D eigenvalue weighted by Gasteiger charge is -2.26. The van der Waals surface area contributed by atoms with Gasteiger partial charge in [-0.15, -0.1) is 0 Å². The molecule has 20 heavy (non-hydrogen) atoms. The number of nitrogens with two attached hydrogens (primary N) is 1. The van der Waals surface area contributed by atoms with Crippen molar-refractivity contribution in [2.45, 2.75) is 38.0 Å². The van der Waals surface area contributed by atoms with Crippen molar-refractivity contribution in [3.05, 3.63) is 35.4 Å². The Morgan fingerprint density at radius 1 is 1.30 bits per heavy atom. The molecule has 110 valence electrons. The normalized spacial score (nSPS) is 12.1. The summed E-state index contributed by atoms with van der Waals surface area (Å²) in [5.74, 6) is -0.208. The molecule has 0 aliphatic rings. The molecule has 0 saturated carbocycles. The van der Waals surface area contributed by atoms with Crippen LogP contribution in [0.3, 0.4) is 0 Å². The minimum atomic E-state index is -3.50. The highest BCUT2D eigenvalue weighted by atomic mass is 32.2. The van der Waals surface area contributed by atoms with Crippen LogP contribution in [0.1, 0.15) is 37.8 Å². The average Bonchev–Trinajstić information content (AvgIpc) is 2.45. The molecule has 0 bridgehead atoms. The van der Waals surface area contributed by atoms with Crippen molar-refractivity contribution in [3.8, 4) is 6.07 Å². The van der Waals surface area contributed by atoms with Gasteiger partial charge in [0.25, 0.3) is 0 Å². The van der Waals surface area contributed by atoms with Gasteiger partial charge >= 0.3 is 0 Å². The van der Waals surface area contributed by atoms with Crippen LogP contribution >= 0.6 is 0 Å². The van der Waals surface area contributed by atoms with Crippen molar-refractivity contribution in [1.29, 1.82) is 5.26 Å². The second-order valence-electron chi connectivity index (χ2n) is 4.92. The van der Waals surface area contributed by atoms with Crippen molar-refractivity contribution in [3.63, 3.8) is 0 Å². The molecule has 0 aliphatic heterocycles. The number of benzene rings is 1. The van der Waals surface area contributed by atoms with E-state index in [0.29, 0.717) is 24.0 Å². The summed E-state index contributed by atoms with van der Waals surface area (Å²) in [5.41, 5.74) is 6.42. The first-order valence-corrected chi connectivity index (χ1v) is 8.25. The Kier molecular flexibility index (Phi) is 5.69. The highest BCUT2D eigenvalue weighted by Crippen LogP contribution is 2.13. The van der Waals surface area contributed by atoms with E-state index in [0.717, 1.165) is 0 Å². The van der Waals surface area contributed by atoms with Gasteiger partial charge in [0.05, 0.1) is 17.4 Å². The summed E-state index contributed by atoms with van der Waals surface area (Å²) in [5, 5.41) is 8.97. The minimum absolute atomic E-state index is 0.205. The molecule has 0 spiro atoms. The Balaban J connectivity index is 2.79. The zero-order chi connectivity index (χ0) is 15.2. The third-order valence-corrected chi connectivity index (χ3v) is 4.81. The Morgan fingerprint density at radius 3 is 2.45 bits per heavy atom. The number of hydrogen-bond acceptors (Lipinski definition) is 4. The van der Waals surface area contributed by atoms with Gasteiger partial charge in [0.2, 0.25) is 10.0 Å². The summed E-state index contributed by atoms with van der Waals surface area (Å²) >= 11 is 0. The fraction of sp³-hybridized carbons (Fsp3) is 0.500. The molecule has 0 saturated heterocycles. The van der Waals surface area contributed by atoms with Gasteiger partial charge in [-0.3, -0.25) is 0 Å². The zero-order valence-electron chi connectivity index (χ0n) is 11.9. The van der Waals surface area contributed by atoms with E-state index in [9.17, 15) is 8.42 Å². The maximum absolute atomic E-state index is 12.1. The fourth-order valence-electron chi connectivity index (χ4n) is 1.76. The van der Waals surface area contributed by atoms with Crippen LogP contribution in [0.2, 0.25) is 0 Å². The molecule has 1 aromatic rings. The number of sulfonamides is 1. The van der Waals surface area contributed by atoms with E-state index in [1.807, 2.05) is 19.9 Å². The molecule has 3 N–H and O–H groups in total. The van der Waals surface area contributed by atoms with E-state index in [1.165, 1.54) is 0 Å². The van der Waals surface area contributed by atoms with Gasteiger partial charge in [-0.05, 0) is 24.5 Å². The Morgan fingerprint density at radius 2 is 1.90 bits per heavy atom. The second kappa shape index (κ2) is 6.84. The van der Waals surface area contributed by atoms with Gasteiger partial charge < -0.3 is 5.73 Å². The lowest BCUT2D eigenvalue weighted by Crippen LogP contribution is -2.49. The molecule has 0 aromatic heterocycles. The summed E-state index contributed by atoms with van der Waals surface area (Å²) in [6.45, 7) is 4.07. The Hall–Kier alpha value is -1.42. The highest BCUT2D eigenvalue weighted by Gasteiger charge is 2.23.